The normalized spacial score (nSPS) is 20.6. The molecule has 4 nitrogen and oxygen atoms in total. The Labute approximate surface area is 99.4 Å². The van der Waals surface area contributed by atoms with E-state index < -0.39 is 0 Å². The van der Waals surface area contributed by atoms with E-state index >= 15 is 0 Å². The Hall–Kier alpha value is -1.31. The maximum Gasteiger partial charge on any atom is 0.132 e. The lowest BCUT2D eigenvalue weighted by Gasteiger charge is -2.32. The molecule has 1 aromatic heterocycles. The highest BCUT2D eigenvalue weighted by atomic mass is 35.5. The van der Waals surface area contributed by atoms with E-state index in [1.165, 1.54) is 0 Å². The van der Waals surface area contributed by atoms with Crippen LogP contribution in [-0.4, -0.2) is 30.8 Å². The SMILES string of the molecule is CC1CN(c2cc(C#N)cc(Cl)n2)CCO1. The van der Waals surface area contributed by atoms with E-state index in [0.29, 0.717) is 17.3 Å². The second kappa shape index (κ2) is 4.69. The van der Waals surface area contributed by atoms with Gasteiger partial charge in [0.05, 0.1) is 24.3 Å². The van der Waals surface area contributed by atoms with Gasteiger partial charge in [0, 0.05) is 13.1 Å². The standard InChI is InChI=1S/C11H12ClN3O/c1-8-7-15(2-3-16-8)11-5-9(6-13)4-10(12)14-11/h4-5,8H,2-3,7H2,1H3. The number of hydrogen-bond acceptors (Lipinski definition) is 4. The monoisotopic (exact) mass is 237 g/mol. The lowest BCUT2D eigenvalue weighted by Crippen LogP contribution is -2.41. The minimum atomic E-state index is 0.181. The molecule has 2 rings (SSSR count). The van der Waals surface area contributed by atoms with Crippen molar-refractivity contribution in [2.75, 3.05) is 24.6 Å². The molecule has 2 heterocycles. The number of nitrogens with zero attached hydrogens (tertiary/aromatic N) is 3. The van der Waals surface area contributed by atoms with E-state index in [1.54, 1.807) is 12.1 Å². The van der Waals surface area contributed by atoms with Crippen LogP contribution in [0.5, 0.6) is 0 Å². The molecule has 1 aliphatic heterocycles. The number of halogens is 1. The minimum Gasteiger partial charge on any atom is -0.375 e. The van der Waals surface area contributed by atoms with Crippen molar-refractivity contribution in [2.24, 2.45) is 0 Å². The lowest BCUT2D eigenvalue weighted by atomic mass is 10.2. The van der Waals surface area contributed by atoms with Crippen LogP contribution in [-0.2, 0) is 4.74 Å². The van der Waals surface area contributed by atoms with E-state index in [-0.39, 0.29) is 6.10 Å². The van der Waals surface area contributed by atoms with Crippen LogP contribution in [0, 0.1) is 11.3 Å². The topological polar surface area (TPSA) is 49.2 Å². The van der Waals surface area contributed by atoms with Crippen molar-refractivity contribution in [2.45, 2.75) is 13.0 Å². The smallest absolute Gasteiger partial charge is 0.132 e. The van der Waals surface area contributed by atoms with Crippen molar-refractivity contribution < 1.29 is 4.74 Å². The van der Waals surface area contributed by atoms with Gasteiger partial charge in [0.1, 0.15) is 11.0 Å². The third kappa shape index (κ3) is 2.43. The average Bonchev–Trinajstić information content (AvgIpc) is 2.28. The number of pyridine rings is 1. The number of hydrogen-bond donors (Lipinski definition) is 0. The second-order valence-corrected chi connectivity index (χ2v) is 4.16. The summed E-state index contributed by atoms with van der Waals surface area (Å²) in [6, 6.07) is 5.39. The molecule has 0 aliphatic carbocycles. The quantitative estimate of drug-likeness (QED) is 0.700. The van der Waals surface area contributed by atoms with Crippen molar-refractivity contribution in [3.63, 3.8) is 0 Å². The zero-order chi connectivity index (χ0) is 11.5. The van der Waals surface area contributed by atoms with Gasteiger partial charge in [0.2, 0.25) is 0 Å². The summed E-state index contributed by atoms with van der Waals surface area (Å²) in [5, 5.41) is 9.21. The number of nitriles is 1. The predicted octanol–water partition coefficient (Wildman–Crippen LogP) is 1.83. The Morgan fingerprint density at radius 1 is 1.62 bits per heavy atom. The van der Waals surface area contributed by atoms with Crippen molar-refractivity contribution >= 4 is 17.4 Å². The van der Waals surface area contributed by atoms with E-state index in [0.717, 1.165) is 18.9 Å². The first-order chi connectivity index (χ1) is 7.69. The van der Waals surface area contributed by atoms with Crippen molar-refractivity contribution in [1.82, 2.24) is 4.98 Å². The van der Waals surface area contributed by atoms with E-state index in [2.05, 4.69) is 16.0 Å². The maximum atomic E-state index is 8.86. The van der Waals surface area contributed by atoms with E-state index in [9.17, 15) is 0 Å². The van der Waals surface area contributed by atoms with E-state index in [4.69, 9.17) is 21.6 Å². The zero-order valence-electron chi connectivity index (χ0n) is 8.98. The summed E-state index contributed by atoms with van der Waals surface area (Å²) in [5.74, 6) is 0.749. The number of ether oxygens (including phenoxy) is 1. The molecule has 16 heavy (non-hydrogen) atoms. The Morgan fingerprint density at radius 3 is 3.12 bits per heavy atom. The van der Waals surface area contributed by atoms with Crippen LogP contribution in [0.4, 0.5) is 5.82 Å². The van der Waals surface area contributed by atoms with Crippen molar-refractivity contribution in [3.8, 4) is 6.07 Å². The maximum absolute atomic E-state index is 8.86. The molecule has 0 saturated carbocycles. The Kier molecular flexibility index (Phi) is 3.28. The fraction of sp³-hybridized carbons (Fsp3) is 0.455. The first kappa shape index (κ1) is 11.2. The van der Waals surface area contributed by atoms with E-state index in [1.807, 2.05) is 6.92 Å². The molecule has 1 unspecified atom stereocenters. The summed E-state index contributed by atoms with van der Waals surface area (Å²) in [5.41, 5.74) is 0.536. The first-order valence-corrected chi connectivity index (χ1v) is 5.51. The number of rotatable bonds is 1. The number of anilines is 1. The Morgan fingerprint density at radius 2 is 2.44 bits per heavy atom. The molecule has 1 aliphatic rings. The van der Waals surface area contributed by atoms with Crippen LogP contribution < -0.4 is 4.90 Å². The molecule has 5 heteroatoms. The Balaban J connectivity index is 2.26. The summed E-state index contributed by atoms with van der Waals surface area (Å²) in [6.45, 7) is 4.25. The molecular formula is C11H12ClN3O. The van der Waals surface area contributed by atoms with Gasteiger partial charge in [0.15, 0.2) is 0 Å². The summed E-state index contributed by atoms with van der Waals surface area (Å²) in [4.78, 5) is 6.31. The number of aromatic nitrogens is 1. The molecule has 0 bridgehead atoms. The van der Waals surface area contributed by atoms with Crippen LogP contribution >= 0.6 is 11.6 Å². The van der Waals surface area contributed by atoms with Gasteiger partial charge in [-0.25, -0.2) is 4.98 Å². The second-order valence-electron chi connectivity index (χ2n) is 3.78. The van der Waals surface area contributed by atoms with Crippen molar-refractivity contribution in [3.05, 3.63) is 22.8 Å². The molecule has 0 N–H and O–H groups in total. The molecule has 1 atom stereocenters. The predicted molar refractivity (Wildman–Crippen MR) is 61.6 cm³/mol. The van der Waals surface area contributed by atoms with Gasteiger partial charge in [0.25, 0.3) is 0 Å². The molecule has 0 spiro atoms. The fourth-order valence-corrected chi connectivity index (χ4v) is 1.94. The number of morpholine rings is 1. The minimum absolute atomic E-state index is 0.181. The molecule has 0 radical (unpaired) electrons. The molecule has 1 fully saturated rings. The van der Waals surface area contributed by atoms with Gasteiger partial charge in [-0.2, -0.15) is 5.26 Å². The third-order valence-electron chi connectivity index (χ3n) is 2.47. The largest absolute Gasteiger partial charge is 0.375 e. The highest BCUT2D eigenvalue weighted by Gasteiger charge is 2.18. The lowest BCUT2D eigenvalue weighted by molar-refractivity contribution is 0.0529. The molecule has 1 aromatic rings. The zero-order valence-corrected chi connectivity index (χ0v) is 9.74. The highest BCUT2D eigenvalue weighted by Crippen LogP contribution is 2.19. The van der Waals surface area contributed by atoms with Crippen LogP contribution in [0.15, 0.2) is 12.1 Å². The molecular weight excluding hydrogens is 226 g/mol. The molecule has 1 saturated heterocycles. The highest BCUT2D eigenvalue weighted by molar-refractivity contribution is 6.29. The van der Waals surface area contributed by atoms with Crippen LogP contribution in [0.2, 0.25) is 5.15 Å². The Bertz CT molecular complexity index is 430. The van der Waals surface area contributed by atoms with Gasteiger partial charge in [-0.15, -0.1) is 0 Å². The summed E-state index contributed by atoms with van der Waals surface area (Å²) in [6.07, 6.45) is 0.181. The van der Waals surface area contributed by atoms with Crippen LogP contribution in [0.1, 0.15) is 12.5 Å². The summed E-state index contributed by atoms with van der Waals surface area (Å²) in [7, 11) is 0. The van der Waals surface area contributed by atoms with Gasteiger partial charge >= 0.3 is 0 Å². The molecule has 0 amide bonds. The van der Waals surface area contributed by atoms with Crippen LogP contribution in [0.3, 0.4) is 0 Å². The third-order valence-corrected chi connectivity index (χ3v) is 2.67. The van der Waals surface area contributed by atoms with Gasteiger partial charge < -0.3 is 9.64 Å². The first-order valence-electron chi connectivity index (χ1n) is 5.13. The van der Waals surface area contributed by atoms with Crippen molar-refractivity contribution in [1.29, 1.82) is 5.26 Å². The summed E-state index contributed by atoms with van der Waals surface area (Å²) >= 11 is 5.86. The van der Waals surface area contributed by atoms with Gasteiger partial charge in [-0.3, -0.25) is 0 Å². The average molecular weight is 238 g/mol. The molecule has 0 aromatic carbocycles. The fourth-order valence-electron chi connectivity index (χ4n) is 1.74. The molecule has 84 valence electrons. The van der Waals surface area contributed by atoms with Gasteiger partial charge in [-0.1, -0.05) is 11.6 Å². The van der Waals surface area contributed by atoms with Crippen LogP contribution in [0.25, 0.3) is 0 Å². The summed E-state index contributed by atoms with van der Waals surface area (Å²) < 4.78 is 5.45. The van der Waals surface area contributed by atoms with Gasteiger partial charge in [-0.05, 0) is 19.1 Å².